The lowest BCUT2D eigenvalue weighted by Crippen LogP contribution is -2.29. The van der Waals surface area contributed by atoms with Gasteiger partial charge in [0.15, 0.2) is 0 Å². The number of carbonyl (C=O) groups is 1. The number of aromatic nitrogens is 2. The van der Waals surface area contributed by atoms with Crippen molar-refractivity contribution in [1.82, 2.24) is 15.1 Å². The maximum atomic E-state index is 13.6. The molecule has 4 nitrogen and oxygen atoms in total. The van der Waals surface area contributed by atoms with Crippen LogP contribution >= 0.6 is 0 Å². The van der Waals surface area contributed by atoms with E-state index in [0.29, 0.717) is 17.7 Å². The first-order valence-electron chi connectivity index (χ1n) is 10.8. The van der Waals surface area contributed by atoms with E-state index in [9.17, 15) is 4.79 Å². The summed E-state index contributed by atoms with van der Waals surface area (Å²) >= 11 is 0. The molecule has 4 aromatic rings. The van der Waals surface area contributed by atoms with E-state index < -0.39 is 0 Å². The summed E-state index contributed by atoms with van der Waals surface area (Å²) in [4.78, 5) is 13.6. The third kappa shape index (κ3) is 4.29. The number of rotatable bonds is 7. The van der Waals surface area contributed by atoms with Crippen LogP contribution in [0.25, 0.3) is 16.9 Å². The number of nitrogens with zero attached hydrogens (tertiary/aromatic N) is 2. The van der Waals surface area contributed by atoms with Crippen LogP contribution in [0.5, 0.6) is 0 Å². The van der Waals surface area contributed by atoms with Gasteiger partial charge in [-0.05, 0) is 30.5 Å². The van der Waals surface area contributed by atoms with E-state index in [4.69, 9.17) is 5.10 Å². The first kappa shape index (κ1) is 20.6. The van der Waals surface area contributed by atoms with Crippen molar-refractivity contribution in [2.75, 3.05) is 0 Å². The molecule has 156 valence electrons. The van der Waals surface area contributed by atoms with Crippen LogP contribution in [0, 0.1) is 0 Å². The van der Waals surface area contributed by atoms with Crippen LogP contribution in [-0.2, 0) is 6.42 Å². The number of hydrogen-bond acceptors (Lipinski definition) is 2. The van der Waals surface area contributed by atoms with Crippen LogP contribution in [-0.4, -0.2) is 15.7 Å². The molecule has 1 heterocycles. The molecule has 4 rings (SSSR count). The van der Waals surface area contributed by atoms with E-state index in [0.717, 1.165) is 28.9 Å². The van der Waals surface area contributed by atoms with Gasteiger partial charge in [-0.25, -0.2) is 4.68 Å². The summed E-state index contributed by atoms with van der Waals surface area (Å²) in [5.74, 6) is -0.0893. The highest BCUT2D eigenvalue weighted by molar-refractivity contribution is 6.01. The molecule has 0 spiro atoms. The summed E-state index contributed by atoms with van der Waals surface area (Å²) in [6.07, 6.45) is 1.50. The zero-order chi connectivity index (χ0) is 21.6. The smallest absolute Gasteiger partial charge is 0.255 e. The topological polar surface area (TPSA) is 46.9 Å². The first-order valence-corrected chi connectivity index (χ1v) is 10.8. The van der Waals surface area contributed by atoms with E-state index in [1.807, 2.05) is 83.5 Å². The van der Waals surface area contributed by atoms with Gasteiger partial charge in [0.05, 0.1) is 23.0 Å². The highest BCUT2D eigenvalue weighted by atomic mass is 16.1. The molecule has 1 unspecified atom stereocenters. The van der Waals surface area contributed by atoms with Crippen LogP contribution < -0.4 is 5.32 Å². The Morgan fingerprint density at radius 3 is 2.03 bits per heavy atom. The highest BCUT2D eigenvalue weighted by Crippen LogP contribution is 2.29. The molecule has 1 N–H and O–H groups in total. The molecule has 1 atom stereocenters. The normalized spacial score (nSPS) is 11.8. The number of amides is 1. The Balaban J connectivity index is 1.81. The number of benzene rings is 3. The highest BCUT2D eigenvalue weighted by Gasteiger charge is 2.26. The minimum absolute atomic E-state index is 0.0536. The van der Waals surface area contributed by atoms with Crippen LogP contribution in [0.1, 0.15) is 47.9 Å². The Bertz CT molecular complexity index is 1140. The summed E-state index contributed by atoms with van der Waals surface area (Å²) in [6, 6.07) is 30.0. The van der Waals surface area contributed by atoms with Gasteiger partial charge in [-0.2, -0.15) is 5.10 Å². The lowest BCUT2D eigenvalue weighted by atomic mass is 10.0. The molecule has 0 radical (unpaired) electrons. The predicted octanol–water partition coefficient (Wildman–Crippen LogP) is 5.98. The molecule has 0 bridgehead atoms. The number of para-hydroxylation sites is 1. The van der Waals surface area contributed by atoms with Crippen molar-refractivity contribution < 1.29 is 4.79 Å². The molecule has 0 aliphatic heterocycles. The average molecular weight is 410 g/mol. The van der Waals surface area contributed by atoms with Crippen molar-refractivity contribution in [1.29, 1.82) is 0 Å². The summed E-state index contributed by atoms with van der Waals surface area (Å²) in [6.45, 7) is 4.15. The first-order chi connectivity index (χ1) is 15.2. The summed E-state index contributed by atoms with van der Waals surface area (Å²) < 4.78 is 1.90. The summed E-state index contributed by atoms with van der Waals surface area (Å²) in [5.41, 5.74) is 5.25. The number of nitrogens with one attached hydrogen (secondary N) is 1. The maximum absolute atomic E-state index is 13.6. The Hall–Kier alpha value is -3.66. The van der Waals surface area contributed by atoms with Crippen molar-refractivity contribution >= 4 is 5.91 Å². The third-order valence-electron chi connectivity index (χ3n) is 5.51. The maximum Gasteiger partial charge on any atom is 0.255 e. The van der Waals surface area contributed by atoms with E-state index in [1.165, 1.54) is 0 Å². The van der Waals surface area contributed by atoms with Gasteiger partial charge in [-0.1, -0.05) is 92.7 Å². The van der Waals surface area contributed by atoms with Gasteiger partial charge >= 0.3 is 0 Å². The Kier molecular flexibility index (Phi) is 6.27. The van der Waals surface area contributed by atoms with Crippen molar-refractivity contribution in [3.8, 4) is 16.9 Å². The monoisotopic (exact) mass is 409 g/mol. The van der Waals surface area contributed by atoms with E-state index >= 15 is 0 Å². The Morgan fingerprint density at radius 1 is 0.871 bits per heavy atom. The zero-order valence-electron chi connectivity index (χ0n) is 18.0. The standard InChI is InChI=1S/C27H27N3O/c1-3-23(20-14-8-5-9-15-20)28-27(31)25-24(4-2)30(22-18-12-7-13-19-22)29-26(25)21-16-10-6-11-17-21/h5-19,23H,3-4H2,1-2H3,(H,28,31). The second kappa shape index (κ2) is 9.43. The molecule has 0 aliphatic rings. The fraction of sp³-hybridized carbons (Fsp3) is 0.185. The van der Waals surface area contributed by atoms with Crippen LogP contribution in [0.3, 0.4) is 0 Å². The van der Waals surface area contributed by atoms with Crippen molar-refractivity contribution in [2.45, 2.75) is 32.7 Å². The SMILES string of the molecule is CCc1c(C(=O)NC(CC)c2ccccc2)c(-c2ccccc2)nn1-c1ccccc1. The van der Waals surface area contributed by atoms with E-state index in [-0.39, 0.29) is 11.9 Å². The fourth-order valence-corrected chi connectivity index (χ4v) is 3.94. The third-order valence-corrected chi connectivity index (χ3v) is 5.51. The average Bonchev–Trinajstić information content (AvgIpc) is 3.24. The summed E-state index contributed by atoms with van der Waals surface area (Å²) in [5, 5.41) is 8.16. The minimum Gasteiger partial charge on any atom is -0.345 e. The number of carbonyl (C=O) groups excluding carboxylic acids is 1. The van der Waals surface area contributed by atoms with Gasteiger partial charge in [-0.3, -0.25) is 4.79 Å². The van der Waals surface area contributed by atoms with Crippen LogP contribution in [0.2, 0.25) is 0 Å². The molecular weight excluding hydrogens is 382 g/mol. The van der Waals surface area contributed by atoms with Crippen molar-refractivity contribution in [3.63, 3.8) is 0 Å². The Labute approximate surface area is 183 Å². The van der Waals surface area contributed by atoms with E-state index in [2.05, 4.69) is 31.3 Å². The molecule has 31 heavy (non-hydrogen) atoms. The second-order valence-corrected chi connectivity index (χ2v) is 7.48. The zero-order valence-corrected chi connectivity index (χ0v) is 18.0. The van der Waals surface area contributed by atoms with E-state index in [1.54, 1.807) is 0 Å². The van der Waals surface area contributed by atoms with Crippen LogP contribution in [0.15, 0.2) is 91.0 Å². The summed E-state index contributed by atoms with van der Waals surface area (Å²) in [7, 11) is 0. The van der Waals surface area contributed by atoms with Crippen LogP contribution in [0.4, 0.5) is 0 Å². The van der Waals surface area contributed by atoms with Gasteiger partial charge in [0.2, 0.25) is 0 Å². The van der Waals surface area contributed by atoms with Gasteiger partial charge in [-0.15, -0.1) is 0 Å². The number of hydrogen-bond donors (Lipinski definition) is 1. The Morgan fingerprint density at radius 2 is 1.45 bits per heavy atom. The molecule has 3 aromatic carbocycles. The molecular formula is C27H27N3O. The fourth-order valence-electron chi connectivity index (χ4n) is 3.94. The lowest BCUT2D eigenvalue weighted by molar-refractivity contribution is 0.0935. The van der Waals surface area contributed by atoms with Crippen molar-refractivity contribution in [2.24, 2.45) is 0 Å². The predicted molar refractivity (Wildman–Crippen MR) is 125 cm³/mol. The van der Waals surface area contributed by atoms with Gasteiger partial charge in [0.25, 0.3) is 5.91 Å². The molecule has 1 aromatic heterocycles. The molecule has 0 fully saturated rings. The van der Waals surface area contributed by atoms with Gasteiger partial charge in [0.1, 0.15) is 5.69 Å². The largest absolute Gasteiger partial charge is 0.345 e. The molecule has 0 aliphatic carbocycles. The minimum atomic E-state index is -0.0893. The van der Waals surface area contributed by atoms with Gasteiger partial charge < -0.3 is 5.32 Å². The second-order valence-electron chi connectivity index (χ2n) is 7.48. The molecule has 0 saturated heterocycles. The van der Waals surface area contributed by atoms with Crippen molar-refractivity contribution in [3.05, 3.63) is 108 Å². The quantitative estimate of drug-likeness (QED) is 0.408. The molecule has 1 amide bonds. The molecule has 4 heteroatoms. The lowest BCUT2D eigenvalue weighted by Gasteiger charge is -2.18. The van der Waals surface area contributed by atoms with Gasteiger partial charge in [0, 0.05) is 5.56 Å². The molecule has 0 saturated carbocycles.